The Kier molecular flexibility index (Phi) is 7.25. The summed E-state index contributed by atoms with van der Waals surface area (Å²) in [6.45, 7) is 5.75. The zero-order valence-corrected chi connectivity index (χ0v) is 13.1. The minimum Gasteiger partial charge on any atom is -0.339 e. The Bertz CT molecular complexity index is 392. The summed E-state index contributed by atoms with van der Waals surface area (Å²) in [5, 5.41) is 0.853. The van der Waals surface area contributed by atoms with Gasteiger partial charge in [-0.05, 0) is 25.0 Å². The first-order chi connectivity index (χ1) is 9.11. The molecule has 0 aliphatic carbocycles. The fraction of sp³-hybridized carbons (Fsp3) is 0.533. The highest BCUT2D eigenvalue weighted by molar-refractivity contribution is 6.39. The van der Waals surface area contributed by atoms with Gasteiger partial charge in [0.25, 0.3) is 5.91 Å². The van der Waals surface area contributed by atoms with Crippen LogP contribution in [0.3, 0.4) is 0 Å². The van der Waals surface area contributed by atoms with E-state index in [1.54, 1.807) is 18.2 Å². The van der Waals surface area contributed by atoms with Crippen molar-refractivity contribution in [2.75, 3.05) is 13.1 Å². The summed E-state index contributed by atoms with van der Waals surface area (Å²) < 4.78 is 0. The molecule has 0 spiro atoms. The maximum atomic E-state index is 12.6. The Morgan fingerprint density at radius 3 is 1.95 bits per heavy atom. The van der Waals surface area contributed by atoms with Crippen LogP contribution in [0.15, 0.2) is 18.2 Å². The first kappa shape index (κ1) is 16.3. The van der Waals surface area contributed by atoms with Crippen LogP contribution in [-0.2, 0) is 0 Å². The van der Waals surface area contributed by atoms with Crippen molar-refractivity contribution >= 4 is 29.1 Å². The molecule has 0 heterocycles. The number of hydrogen-bond acceptors (Lipinski definition) is 1. The van der Waals surface area contributed by atoms with E-state index >= 15 is 0 Å². The van der Waals surface area contributed by atoms with E-state index in [1.807, 2.05) is 4.90 Å². The molecule has 0 aromatic heterocycles. The molecule has 0 saturated carbocycles. The maximum Gasteiger partial charge on any atom is 0.256 e. The molecule has 1 rings (SSSR count). The number of hydrogen-bond donors (Lipinski definition) is 0. The lowest BCUT2D eigenvalue weighted by Crippen LogP contribution is -2.33. The molecule has 2 nitrogen and oxygen atoms in total. The van der Waals surface area contributed by atoms with Gasteiger partial charge in [-0.15, -0.1) is 0 Å². The topological polar surface area (TPSA) is 20.3 Å². The highest BCUT2D eigenvalue weighted by atomic mass is 35.5. The van der Waals surface area contributed by atoms with E-state index in [0.717, 1.165) is 38.8 Å². The van der Waals surface area contributed by atoms with Gasteiger partial charge in [0.2, 0.25) is 0 Å². The van der Waals surface area contributed by atoms with Crippen molar-refractivity contribution in [2.24, 2.45) is 0 Å². The Morgan fingerprint density at radius 1 is 1.05 bits per heavy atom. The van der Waals surface area contributed by atoms with Gasteiger partial charge in [0, 0.05) is 13.1 Å². The highest BCUT2D eigenvalue weighted by Crippen LogP contribution is 2.26. The number of benzene rings is 1. The lowest BCUT2D eigenvalue weighted by Gasteiger charge is -2.23. The Balaban J connectivity index is 2.91. The summed E-state index contributed by atoms with van der Waals surface area (Å²) >= 11 is 12.2. The van der Waals surface area contributed by atoms with Crippen LogP contribution in [0.4, 0.5) is 0 Å². The van der Waals surface area contributed by atoms with E-state index in [2.05, 4.69) is 13.8 Å². The van der Waals surface area contributed by atoms with Crippen molar-refractivity contribution < 1.29 is 4.79 Å². The Hall–Kier alpha value is -0.730. The Morgan fingerprint density at radius 2 is 1.53 bits per heavy atom. The second-order valence-electron chi connectivity index (χ2n) is 4.60. The molecular weight excluding hydrogens is 281 g/mol. The quantitative estimate of drug-likeness (QED) is 0.691. The number of carbonyl (C=O) groups excluding carboxylic acids is 1. The summed E-state index contributed by atoms with van der Waals surface area (Å²) in [6.07, 6.45) is 4.12. The molecule has 0 N–H and O–H groups in total. The summed E-state index contributed by atoms with van der Waals surface area (Å²) in [5.41, 5.74) is 0.429. The van der Waals surface area contributed by atoms with Crippen molar-refractivity contribution in [1.29, 1.82) is 0 Å². The van der Waals surface area contributed by atoms with Gasteiger partial charge in [0.1, 0.15) is 0 Å². The predicted molar refractivity (Wildman–Crippen MR) is 82.2 cm³/mol. The average Bonchev–Trinajstić information content (AvgIpc) is 2.38. The van der Waals surface area contributed by atoms with Crippen molar-refractivity contribution in [3.05, 3.63) is 33.8 Å². The van der Waals surface area contributed by atoms with E-state index in [-0.39, 0.29) is 5.91 Å². The number of nitrogens with zero attached hydrogens (tertiary/aromatic N) is 1. The van der Waals surface area contributed by atoms with E-state index < -0.39 is 0 Å². The molecule has 1 aromatic carbocycles. The molecule has 0 radical (unpaired) electrons. The number of carbonyl (C=O) groups is 1. The molecule has 1 aromatic rings. The van der Waals surface area contributed by atoms with E-state index in [0.29, 0.717) is 15.6 Å². The summed E-state index contributed by atoms with van der Waals surface area (Å²) in [5.74, 6) is -0.0579. The molecule has 1 amide bonds. The lowest BCUT2D eigenvalue weighted by molar-refractivity contribution is 0.0751. The molecule has 0 aliphatic heterocycles. The first-order valence-corrected chi connectivity index (χ1v) is 7.60. The second kappa shape index (κ2) is 8.44. The molecule has 0 saturated heterocycles. The van der Waals surface area contributed by atoms with Crippen molar-refractivity contribution in [2.45, 2.75) is 39.5 Å². The monoisotopic (exact) mass is 301 g/mol. The minimum atomic E-state index is -0.0579. The minimum absolute atomic E-state index is 0.0579. The van der Waals surface area contributed by atoms with Gasteiger partial charge in [-0.1, -0.05) is 56.0 Å². The smallest absolute Gasteiger partial charge is 0.256 e. The molecule has 0 bridgehead atoms. The maximum absolute atomic E-state index is 12.6. The summed E-state index contributed by atoms with van der Waals surface area (Å²) in [4.78, 5) is 14.4. The number of rotatable bonds is 7. The zero-order chi connectivity index (χ0) is 14.3. The van der Waals surface area contributed by atoms with Crippen molar-refractivity contribution in [1.82, 2.24) is 4.90 Å². The van der Waals surface area contributed by atoms with Crippen LogP contribution in [0, 0.1) is 0 Å². The molecule has 0 fully saturated rings. The van der Waals surface area contributed by atoms with Gasteiger partial charge in [-0.2, -0.15) is 0 Å². The SMILES string of the molecule is CCCCN(CCCC)C(=O)c1c(Cl)cccc1Cl. The van der Waals surface area contributed by atoms with Crippen LogP contribution in [0.5, 0.6) is 0 Å². The third-order valence-corrected chi connectivity index (χ3v) is 3.66. The van der Waals surface area contributed by atoms with Gasteiger partial charge in [0.05, 0.1) is 15.6 Å². The van der Waals surface area contributed by atoms with Gasteiger partial charge < -0.3 is 4.90 Å². The van der Waals surface area contributed by atoms with Crippen molar-refractivity contribution in [3.8, 4) is 0 Å². The van der Waals surface area contributed by atoms with Crippen LogP contribution in [0.2, 0.25) is 10.0 Å². The van der Waals surface area contributed by atoms with Crippen LogP contribution in [0.1, 0.15) is 49.9 Å². The molecule has 4 heteroatoms. The zero-order valence-electron chi connectivity index (χ0n) is 11.6. The van der Waals surface area contributed by atoms with E-state index in [4.69, 9.17) is 23.2 Å². The summed E-state index contributed by atoms with van der Waals surface area (Å²) in [6, 6.07) is 5.17. The molecule has 0 aliphatic rings. The number of halogens is 2. The third kappa shape index (κ3) is 4.70. The highest BCUT2D eigenvalue weighted by Gasteiger charge is 2.20. The number of amides is 1. The van der Waals surface area contributed by atoms with Crippen LogP contribution < -0.4 is 0 Å². The van der Waals surface area contributed by atoms with Crippen LogP contribution in [-0.4, -0.2) is 23.9 Å². The summed E-state index contributed by atoms with van der Waals surface area (Å²) in [7, 11) is 0. The van der Waals surface area contributed by atoms with E-state index in [9.17, 15) is 4.79 Å². The normalized spacial score (nSPS) is 10.5. The largest absolute Gasteiger partial charge is 0.339 e. The van der Waals surface area contributed by atoms with Crippen LogP contribution in [0.25, 0.3) is 0 Å². The fourth-order valence-corrected chi connectivity index (χ4v) is 2.43. The molecule has 0 atom stereocenters. The standard InChI is InChI=1S/C15H21Cl2NO/c1-3-5-10-18(11-6-4-2)15(19)14-12(16)8-7-9-13(14)17/h7-9H,3-6,10-11H2,1-2H3. The second-order valence-corrected chi connectivity index (χ2v) is 5.41. The lowest BCUT2D eigenvalue weighted by atomic mass is 10.1. The predicted octanol–water partition coefficient (Wildman–Crippen LogP) is 5.04. The Labute approximate surface area is 125 Å². The number of unbranched alkanes of at least 4 members (excludes halogenated alkanes) is 2. The average molecular weight is 302 g/mol. The van der Waals surface area contributed by atoms with E-state index in [1.165, 1.54) is 0 Å². The van der Waals surface area contributed by atoms with Crippen LogP contribution >= 0.6 is 23.2 Å². The van der Waals surface area contributed by atoms with Gasteiger partial charge >= 0.3 is 0 Å². The molecule has 19 heavy (non-hydrogen) atoms. The van der Waals surface area contributed by atoms with Gasteiger partial charge in [-0.3, -0.25) is 4.79 Å². The third-order valence-electron chi connectivity index (χ3n) is 3.03. The van der Waals surface area contributed by atoms with Gasteiger partial charge in [-0.25, -0.2) is 0 Å². The molecule has 106 valence electrons. The first-order valence-electron chi connectivity index (χ1n) is 6.85. The van der Waals surface area contributed by atoms with Crippen molar-refractivity contribution in [3.63, 3.8) is 0 Å². The van der Waals surface area contributed by atoms with Gasteiger partial charge in [0.15, 0.2) is 0 Å². The molecule has 0 unspecified atom stereocenters. The fourth-order valence-electron chi connectivity index (χ4n) is 1.87. The molecular formula is C15H21Cl2NO.